The zero-order valence-electron chi connectivity index (χ0n) is 18.9. The molecule has 0 radical (unpaired) electrons. The van der Waals surface area contributed by atoms with Crippen LogP contribution in [-0.2, 0) is 14.3 Å². The molecule has 1 aromatic carbocycles. The number of esters is 1. The number of benzene rings is 1. The zero-order chi connectivity index (χ0) is 25.1. The zero-order valence-corrected chi connectivity index (χ0v) is 19.7. The van der Waals surface area contributed by atoms with Crippen LogP contribution in [0.2, 0.25) is 0 Å². The standard InChI is InChI=1S/C25H21N3O6S/c1-4-12-34-17-9-7-15(8-10-17)20(29)18-19(16-6-5-11-26-13-16)28(23(31)21(18)30)25-27-14(2)22(35-25)24(32)33-3/h4-11,13,19,29H,1,12H2,2-3H3/t19-/m0/s1. The molecule has 178 valence electrons. The number of amides is 1. The molecule has 1 N–H and O–H groups in total. The van der Waals surface area contributed by atoms with Gasteiger partial charge in [-0.2, -0.15) is 0 Å². The third-order valence-corrected chi connectivity index (χ3v) is 6.44. The minimum atomic E-state index is -1.00. The number of aromatic nitrogens is 2. The molecule has 10 heteroatoms. The molecule has 1 amide bonds. The van der Waals surface area contributed by atoms with E-state index in [2.05, 4.69) is 16.5 Å². The minimum absolute atomic E-state index is 0.116. The predicted octanol–water partition coefficient (Wildman–Crippen LogP) is 3.82. The summed E-state index contributed by atoms with van der Waals surface area (Å²) < 4.78 is 10.3. The highest BCUT2D eigenvalue weighted by Crippen LogP contribution is 2.43. The van der Waals surface area contributed by atoms with Crippen molar-refractivity contribution in [3.63, 3.8) is 0 Å². The van der Waals surface area contributed by atoms with E-state index in [-0.39, 0.29) is 21.3 Å². The van der Waals surface area contributed by atoms with Crippen molar-refractivity contribution in [3.8, 4) is 5.75 Å². The quantitative estimate of drug-likeness (QED) is 0.174. The third-order valence-electron chi connectivity index (χ3n) is 5.30. The molecule has 0 spiro atoms. The molecule has 1 atom stereocenters. The third kappa shape index (κ3) is 4.43. The van der Waals surface area contributed by atoms with Crippen LogP contribution in [0.1, 0.15) is 32.5 Å². The molecule has 9 nitrogen and oxygen atoms in total. The summed E-state index contributed by atoms with van der Waals surface area (Å²) in [4.78, 5) is 48.4. The Morgan fingerprint density at radius 3 is 2.63 bits per heavy atom. The second-order valence-corrected chi connectivity index (χ2v) is 8.46. The Morgan fingerprint density at radius 1 is 1.26 bits per heavy atom. The van der Waals surface area contributed by atoms with Crippen molar-refractivity contribution in [2.45, 2.75) is 13.0 Å². The first kappa shape index (κ1) is 23.8. The average Bonchev–Trinajstić information content (AvgIpc) is 3.39. The Balaban J connectivity index is 1.84. The van der Waals surface area contributed by atoms with Crippen LogP contribution in [0.15, 0.2) is 67.0 Å². The highest BCUT2D eigenvalue weighted by atomic mass is 32.1. The van der Waals surface area contributed by atoms with Crippen LogP contribution >= 0.6 is 11.3 Å². The predicted molar refractivity (Wildman–Crippen MR) is 129 cm³/mol. The Morgan fingerprint density at radius 2 is 2.00 bits per heavy atom. The SMILES string of the molecule is C=CCOc1ccc(C(O)=C2C(=O)C(=O)N(c3nc(C)c(C(=O)OC)s3)[C@H]2c2cccnc2)cc1. The number of methoxy groups -OCH3 is 1. The molecule has 0 unspecified atom stereocenters. The molecule has 0 saturated carbocycles. The van der Waals surface area contributed by atoms with Gasteiger partial charge in [0.2, 0.25) is 0 Å². The van der Waals surface area contributed by atoms with E-state index in [1.807, 2.05) is 0 Å². The number of anilines is 1. The van der Waals surface area contributed by atoms with Crippen molar-refractivity contribution in [3.05, 3.63) is 88.7 Å². The summed E-state index contributed by atoms with van der Waals surface area (Å²) in [6, 6.07) is 8.80. The molecule has 1 fully saturated rings. The van der Waals surface area contributed by atoms with Crippen molar-refractivity contribution in [1.82, 2.24) is 9.97 Å². The monoisotopic (exact) mass is 491 g/mol. The molecule has 4 rings (SSSR count). The first-order valence-electron chi connectivity index (χ1n) is 10.5. The van der Waals surface area contributed by atoms with E-state index < -0.39 is 23.7 Å². The van der Waals surface area contributed by atoms with Crippen LogP contribution in [0.5, 0.6) is 5.75 Å². The smallest absolute Gasteiger partial charge is 0.350 e. The first-order valence-corrected chi connectivity index (χ1v) is 11.3. The Labute approximate surface area is 205 Å². The van der Waals surface area contributed by atoms with Crippen LogP contribution in [0.3, 0.4) is 0 Å². The number of aliphatic hydroxyl groups excluding tert-OH is 1. The molecule has 3 aromatic rings. The molecule has 0 bridgehead atoms. The highest BCUT2D eigenvalue weighted by Gasteiger charge is 2.48. The average molecular weight is 492 g/mol. The van der Waals surface area contributed by atoms with Gasteiger partial charge in [0.25, 0.3) is 5.78 Å². The lowest BCUT2D eigenvalue weighted by Crippen LogP contribution is -2.29. The lowest BCUT2D eigenvalue weighted by Gasteiger charge is -2.22. The number of pyridine rings is 1. The number of thiazole rings is 1. The number of hydrogen-bond acceptors (Lipinski definition) is 9. The van der Waals surface area contributed by atoms with Crippen molar-refractivity contribution in [2.75, 3.05) is 18.6 Å². The number of nitrogens with zero attached hydrogens (tertiary/aromatic N) is 3. The molecule has 1 aliphatic heterocycles. The van der Waals surface area contributed by atoms with Gasteiger partial charge >= 0.3 is 11.9 Å². The summed E-state index contributed by atoms with van der Waals surface area (Å²) in [6.45, 7) is 5.53. The van der Waals surface area contributed by atoms with Crippen LogP contribution in [-0.4, -0.2) is 46.5 Å². The number of hydrogen-bond donors (Lipinski definition) is 1. The van der Waals surface area contributed by atoms with Gasteiger partial charge in [0.15, 0.2) is 5.13 Å². The van der Waals surface area contributed by atoms with Gasteiger partial charge in [0.1, 0.15) is 23.0 Å². The van der Waals surface area contributed by atoms with Gasteiger partial charge in [0, 0.05) is 18.0 Å². The summed E-state index contributed by atoms with van der Waals surface area (Å²) in [5.41, 5.74) is 1.06. The number of carbonyl (C=O) groups excluding carboxylic acids is 3. The van der Waals surface area contributed by atoms with Crippen LogP contribution in [0.4, 0.5) is 5.13 Å². The fourth-order valence-corrected chi connectivity index (χ4v) is 4.68. The van der Waals surface area contributed by atoms with Crippen molar-refractivity contribution in [2.24, 2.45) is 0 Å². The van der Waals surface area contributed by atoms with Crippen LogP contribution < -0.4 is 9.64 Å². The molecular formula is C25H21N3O6S. The lowest BCUT2D eigenvalue weighted by atomic mass is 9.96. The van der Waals surface area contributed by atoms with Gasteiger partial charge in [-0.25, -0.2) is 9.78 Å². The maximum Gasteiger partial charge on any atom is 0.350 e. The molecular weight excluding hydrogens is 470 g/mol. The van der Waals surface area contributed by atoms with E-state index in [0.29, 0.717) is 29.2 Å². The summed E-state index contributed by atoms with van der Waals surface area (Å²) in [7, 11) is 1.25. The van der Waals surface area contributed by atoms with E-state index >= 15 is 0 Å². The number of Topliss-reactive ketones (excluding diaryl/α,β-unsaturated/α-hetero) is 1. The minimum Gasteiger partial charge on any atom is -0.507 e. The van der Waals surface area contributed by atoms with E-state index in [1.165, 1.54) is 18.2 Å². The van der Waals surface area contributed by atoms with E-state index in [9.17, 15) is 19.5 Å². The van der Waals surface area contributed by atoms with Gasteiger partial charge in [0.05, 0.1) is 24.4 Å². The van der Waals surface area contributed by atoms with Gasteiger partial charge in [-0.15, -0.1) is 0 Å². The topological polar surface area (TPSA) is 119 Å². The van der Waals surface area contributed by atoms with Crippen molar-refractivity contribution >= 4 is 39.9 Å². The van der Waals surface area contributed by atoms with Crippen LogP contribution in [0.25, 0.3) is 5.76 Å². The first-order chi connectivity index (χ1) is 16.9. The Hall–Kier alpha value is -4.31. The van der Waals surface area contributed by atoms with Gasteiger partial charge in [-0.3, -0.25) is 19.5 Å². The molecule has 1 saturated heterocycles. The van der Waals surface area contributed by atoms with Crippen molar-refractivity contribution in [1.29, 1.82) is 0 Å². The largest absolute Gasteiger partial charge is 0.507 e. The van der Waals surface area contributed by atoms with Crippen molar-refractivity contribution < 1.29 is 29.0 Å². The van der Waals surface area contributed by atoms with Crippen LogP contribution in [0, 0.1) is 6.92 Å². The van der Waals surface area contributed by atoms with E-state index in [4.69, 9.17) is 9.47 Å². The second kappa shape index (κ2) is 9.90. The van der Waals surface area contributed by atoms with Gasteiger partial charge in [-0.1, -0.05) is 30.1 Å². The second-order valence-electron chi connectivity index (χ2n) is 7.48. The number of ketones is 1. The highest BCUT2D eigenvalue weighted by molar-refractivity contribution is 7.17. The molecule has 0 aliphatic carbocycles. The maximum absolute atomic E-state index is 13.2. The summed E-state index contributed by atoms with van der Waals surface area (Å²) in [6.07, 6.45) is 4.67. The normalized spacial score (nSPS) is 16.9. The lowest BCUT2D eigenvalue weighted by molar-refractivity contribution is -0.132. The fraction of sp³-hybridized carbons (Fsp3) is 0.160. The number of carbonyl (C=O) groups is 3. The maximum atomic E-state index is 13.2. The van der Waals surface area contributed by atoms with Gasteiger partial charge in [-0.05, 0) is 42.8 Å². The molecule has 2 aromatic heterocycles. The Kier molecular flexibility index (Phi) is 6.74. The molecule has 35 heavy (non-hydrogen) atoms. The summed E-state index contributed by atoms with van der Waals surface area (Å²) in [5.74, 6) is -2.15. The summed E-state index contributed by atoms with van der Waals surface area (Å²) in [5, 5.41) is 11.3. The van der Waals surface area contributed by atoms with Gasteiger partial charge < -0.3 is 14.6 Å². The van der Waals surface area contributed by atoms with E-state index in [1.54, 1.807) is 55.6 Å². The number of aryl methyl sites for hydroxylation is 1. The summed E-state index contributed by atoms with van der Waals surface area (Å²) >= 11 is 0.931. The molecule has 1 aliphatic rings. The number of aliphatic hydroxyl groups is 1. The fourth-order valence-electron chi connectivity index (χ4n) is 3.67. The molecule has 3 heterocycles. The Bertz CT molecular complexity index is 1330. The number of rotatable bonds is 7. The van der Waals surface area contributed by atoms with E-state index in [0.717, 1.165) is 11.3 Å². The number of ether oxygens (including phenoxy) is 2.